The summed E-state index contributed by atoms with van der Waals surface area (Å²) in [5.41, 5.74) is 0.375. The predicted octanol–water partition coefficient (Wildman–Crippen LogP) is 4.31. The number of rotatable bonds is 6. The molecule has 1 heterocycles. The van der Waals surface area contributed by atoms with Crippen molar-refractivity contribution < 1.29 is 8.81 Å². The van der Waals surface area contributed by atoms with Crippen molar-refractivity contribution in [1.29, 1.82) is 0 Å². The number of nitrogens with one attached hydrogen (secondary N) is 1. The van der Waals surface area contributed by atoms with Crippen molar-refractivity contribution in [2.75, 3.05) is 13.1 Å². The molecule has 2 rings (SSSR count). The molecular weight excluding hydrogens is 241 g/mol. The van der Waals surface area contributed by atoms with Crippen molar-refractivity contribution in [2.24, 2.45) is 5.92 Å². The van der Waals surface area contributed by atoms with Crippen LogP contribution in [0.4, 0.5) is 4.39 Å². The average Bonchev–Trinajstić information content (AvgIpc) is 2.79. The van der Waals surface area contributed by atoms with E-state index in [1.807, 2.05) is 12.1 Å². The molecule has 1 unspecified atom stereocenters. The van der Waals surface area contributed by atoms with Crippen molar-refractivity contribution in [3.8, 4) is 0 Å². The fourth-order valence-electron chi connectivity index (χ4n) is 2.14. The van der Waals surface area contributed by atoms with E-state index < -0.39 is 0 Å². The van der Waals surface area contributed by atoms with E-state index in [1.165, 1.54) is 6.07 Å². The lowest BCUT2D eigenvalue weighted by atomic mass is 10.0. The quantitative estimate of drug-likeness (QED) is 0.786. The highest BCUT2D eigenvalue weighted by atomic mass is 19.1. The third kappa shape index (κ3) is 3.57. The Morgan fingerprint density at radius 3 is 2.74 bits per heavy atom. The van der Waals surface area contributed by atoms with Crippen LogP contribution in [0.1, 0.15) is 38.9 Å². The van der Waals surface area contributed by atoms with E-state index in [2.05, 4.69) is 26.1 Å². The van der Waals surface area contributed by atoms with Gasteiger partial charge in [-0.1, -0.05) is 32.9 Å². The number of hydrogen-bond acceptors (Lipinski definition) is 2. The van der Waals surface area contributed by atoms with E-state index in [9.17, 15) is 4.39 Å². The summed E-state index contributed by atoms with van der Waals surface area (Å²) in [5, 5.41) is 4.26. The van der Waals surface area contributed by atoms with Gasteiger partial charge in [0.05, 0.1) is 0 Å². The van der Waals surface area contributed by atoms with Crippen LogP contribution >= 0.6 is 0 Å². The molecule has 0 amide bonds. The largest absolute Gasteiger partial charge is 0.458 e. The van der Waals surface area contributed by atoms with E-state index in [-0.39, 0.29) is 5.82 Å². The van der Waals surface area contributed by atoms with Gasteiger partial charge in [0.2, 0.25) is 0 Å². The summed E-state index contributed by atoms with van der Waals surface area (Å²) in [6.45, 7) is 8.49. The lowest BCUT2D eigenvalue weighted by Crippen LogP contribution is -2.21. The second-order valence-electron chi connectivity index (χ2n) is 5.59. The van der Waals surface area contributed by atoms with Crippen LogP contribution in [0, 0.1) is 11.7 Å². The molecule has 1 atom stereocenters. The Hall–Kier alpha value is -1.35. The Kier molecular flexibility index (Phi) is 4.59. The van der Waals surface area contributed by atoms with Crippen molar-refractivity contribution in [3.63, 3.8) is 0 Å². The van der Waals surface area contributed by atoms with Crippen molar-refractivity contribution in [3.05, 3.63) is 35.8 Å². The topological polar surface area (TPSA) is 25.2 Å². The van der Waals surface area contributed by atoms with Gasteiger partial charge >= 0.3 is 0 Å². The molecule has 1 aromatic carbocycles. The molecule has 0 aliphatic heterocycles. The van der Waals surface area contributed by atoms with Gasteiger partial charge in [-0.05, 0) is 37.6 Å². The zero-order valence-corrected chi connectivity index (χ0v) is 11.9. The van der Waals surface area contributed by atoms with Gasteiger partial charge < -0.3 is 9.73 Å². The minimum atomic E-state index is -0.283. The first-order chi connectivity index (χ1) is 9.08. The lowest BCUT2D eigenvalue weighted by molar-refractivity contribution is 0.458. The molecule has 3 heteroatoms. The van der Waals surface area contributed by atoms with Crippen LogP contribution in [-0.2, 0) is 0 Å². The summed E-state index contributed by atoms with van der Waals surface area (Å²) in [5.74, 6) is 1.54. The molecule has 0 spiro atoms. The molecule has 0 saturated carbocycles. The first kappa shape index (κ1) is 14.1. The van der Waals surface area contributed by atoms with Crippen molar-refractivity contribution in [2.45, 2.75) is 33.1 Å². The van der Waals surface area contributed by atoms with E-state index in [4.69, 9.17) is 4.42 Å². The van der Waals surface area contributed by atoms with Crippen molar-refractivity contribution >= 4 is 11.0 Å². The fraction of sp³-hybridized carbons (Fsp3) is 0.500. The molecule has 0 fully saturated rings. The van der Waals surface area contributed by atoms with Gasteiger partial charge in [-0.2, -0.15) is 0 Å². The van der Waals surface area contributed by atoms with Gasteiger partial charge in [0.15, 0.2) is 11.4 Å². The third-order valence-electron chi connectivity index (χ3n) is 3.31. The average molecular weight is 263 g/mol. The first-order valence-electron chi connectivity index (χ1n) is 6.96. The normalized spacial score (nSPS) is 13.3. The Balaban J connectivity index is 1.97. The Morgan fingerprint density at radius 1 is 1.26 bits per heavy atom. The lowest BCUT2D eigenvalue weighted by Gasteiger charge is -2.10. The fourth-order valence-corrected chi connectivity index (χ4v) is 2.14. The van der Waals surface area contributed by atoms with Gasteiger partial charge in [0.25, 0.3) is 0 Å². The number of fused-ring (bicyclic) bond motifs is 1. The van der Waals surface area contributed by atoms with E-state index in [0.717, 1.165) is 30.7 Å². The maximum absolute atomic E-state index is 13.6. The summed E-state index contributed by atoms with van der Waals surface area (Å²) in [7, 11) is 0. The first-order valence-corrected chi connectivity index (χ1v) is 6.96. The SMILES string of the molecule is CC(C)CNCCC(C)c1cc2cccc(F)c2o1. The summed E-state index contributed by atoms with van der Waals surface area (Å²) in [6, 6.07) is 6.98. The molecule has 104 valence electrons. The monoisotopic (exact) mass is 263 g/mol. The minimum Gasteiger partial charge on any atom is -0.458 e. The highest BCUT2D eigenvalue weighted by Crippen LogP contribution is 2.28. The molecule has 0 aliphatic rings. The number of benzene rings is 1. The summed E-state index contributed by atoms with van der Waals surface area (Å²) >= 11 is 0. The molecule has 1 aromatic heterocycles. The zero-order valence-electron chi connectivity index (χ0n) is 11.9. The molecule has 0 aliphatic carbocycles. The van der Waals surface area contributed by atoms with Gasteiger partial charge in [-0.25, -0.2) is 4.39 Å². The smallest absolute Gasteiger partial charge is 0.169 e. The third-order valence-corrected chi connectivity index (χ3v) is 3.31. The molecule has 2 nitrogen and oxygen atoms in total. The number of halogens is 1. The number of para-hydroxylation sites is 1. The molecule has 1 N–H and O–H groups in total. The Bertz CT molecular complexity index is 533. The second-order valence-corrected chi connectivity index (χ2v) is 5.59. The van der Waals surface area contributed by atoms with Crippen LogP contribution < -0.4 is 5.32 Å². The number of furan rings is 1. The summed E-state index contributed by atoms with van der Waals surface area (Å²) in [4.78, 5) is 0. The molecular formula is C16H22FNO. The standard InChI is InChI=1S/C16H22FNO/c1-11(2)10-18-8-7-12(3)15-9-13-5-4-6-14(17)16(13)19-15/h4-6,9,11-12,18H,7-8,10H2,1-3H3. The summed E-state index contributed by atoms with van der Waals surface area (Å²) in [6.07, 6.45) is 0.994. The van der Waals surface area contributed by atoms with Crippen LogP contribution in [0.15, 0.2) is 28.7 Å². The zero-order chi connectivity index (χ0) is 13.8. The molecule has 0 bridgehead atoms. The Morgan fingerprint density at radius 2 is 2.05 bits per heavy atom. The van der Waals surface area contributed by atoms with Crippen LogP contribution in [-0.4, -0.2) is 13.1 Å². The van der Waals surface area contributed by atoms with Gasteiger partial charge in [0.1, 0.15) is 5.76 Å². The van der Waals surface area contributed by atoms with E-state index in [0.29, 0.717) is 17.4 Å². The molecule has 19 heavy (non-hydrogen) atoms. The van der Waals surface area contributed by atoms with E-state index in [1.54, 1.807) is 6.07 Å². The van der Waals surface area contributed by atoms with Gasteiger partial charge in [-0.3, -0.25) is 0 Å². The maximum atomic E-state index is 13.6. The van der Waals surface area contributed by atoms with Gasteiger partial charge in [0, 0.05) is 11.3 Å². The summed E-state index contributed by atoms with van der Waals surface area (Å²) < 4.78 is 19.2. The van der Waals surface area contributed by atoms with Crippen LogP contribution in [0.3, 0.4) is 0 Å². The van der Waals surface area contributed by atoms with Crippen LogP contribution in [0.2, 0.25) is 0 Å². The minimum absolute atomic E-state index is 0.283. The van der Waals surface area contributed by atoms with Crippen molar-refractivity contribution in [1.82, 2.24) is 5.32 Å². The molecule has 0 saturated heterocycles. The number of hydrogen-bond donors (Lipinski definition) is 1. The van der Waals surface area contributed by atoms with Gasteiger partial charge in [-0.15, -0.1) is 0 Å². The maximum Gasteiger partial charge on any atom is 0.169 e. The van der Waals surface area contributed by atoms with Crippen LogP contribution in [0.25, 0.3) is 11.0 Å². The Labute approximate surface area is 114 Å². The molecule has 0 radical (unpaired) electrons. The molecule has 2 aromatic rings. The second kappa shape index (κ2) is 6.20. The predicted molar refractivity (Wildman–Crippen MR) is 76.9 cm³/mol. The van der Waals surface area contributed by atoms with Crippen LogP contribution in [0.5, 0.6) is 0 Å². The van der Waals surface area contributed by atoms with E-state index >= 15 is 0 Å². The highest BCUT2D eigenvalue weighted by molar-refractivity contribution is 5.78. The highest BCUT2D eigenvalue weighted by Gasteiger charge is 2.13.